The second-order valence-corrected chi connectivity index (χ2v) is 18.9. The van der Waals surface area contributed by atoms with Gasteiger partial charge in [-0.15, -0.1) is 0 Å². The molecule has 0 spiro atoms. The number of rotatable bonds is 10. The number of nitrogens with zero attached hydrogens (tertiary/aromatic N) is 1. The molecular weight excluding hydrogens is 879 g/mol. The SMILES string of the molecule is C=C(/C=C(\N=C(C)c1cccc(C)c1)c1ccccc1)c1ccccc1.Cc1ccc(-c2ccc(-c3ccccc3)cc2)cc1.Cc1ccccc1-c1ccc(-c2ccc(-c3ccccc3C)c(C)c2)cc1C. The van der Waals surface area contributed by atoms with E-state index in [0.29, 0.717) is 0 Å². The van der Waals surface area contributed by atoms with Crippen LogP contribution in [-0.2, 0) is 0 Å². The van der Waals surface area contributed by atoms with E-state index in [1.807, 2.05) is 42.5 Å². The summed E-state index contributed by atoms with van der Waals surface area (Å²) in [5.74, 6) is 0. The van der Waals surface area contributed by atoms with E-state index in [1.165, 1.54) is 89.0 Å². The van der Waals surface area contributed by atoms with Crippen LogP contribution in [-0.4, -0.2) is 5.71 Å². The van der Waals surface area contributed by atoms with Crippen molar-refractivity contribution >= 4 is 17.0 Å². The lowest BCUT2D eigenvalue weighted by molar-refractivity contribution is 1.39. The van der Waals surface area contributed by atoms with Gasteiger partial charge in [0.05, 0.1) is 5.70 Å². The van der Waals surface area contributed by atoms with E-state index in [-0.39, 0.29) is 0 Å². The summed E-state index contributed by atoms with van der Waals surface area (Å²) in [5, 5.41) is 0. The molecule has 10 rings (SSSR count). The third-order valence-electron chi connectivity index (χ3n) is 13.3. The highest BCUT2D eigenvalue weighted by Gasteiger charge is 2.11. The molecule has 0 atom stereocenters. The number of hydrogen-bond acceptors (Lipinski definition) is 1. The first-order chi connectivity index (χ1) is 35.5. The first kappa shape index (κ1) is 50.7. The molecule has 0 bridgehead atoms. The highest BCUT2D eigenvalue weighted by Crippen LogP contribution is 2.34. The monoisotopic (exact) mass is 944 g/mol. The van der Waals surface area contributed by atoms with Crippen LogP contribution in [0.2, 0.25) is 0 Å². The van der Waals surface area contributed by atoms with Crippen LogP contribution in [0.4, 0.5) is 0 Å². The quantitative estimate of drug-likeness (QED) is 0.0957. The van der Waals surface area contributed by atoms with Gasteiger partial charge in [-0.1, -0.05) is 266 Å². The largest absolute Gasteiger partial charge is 0.252 e. The van der Waals surface area contributed by atoms with Gasteiger partial charge >= 0.3 is 0 Å². The third-order valence-corrected chi connectivity index (χ3v) is 13.3. The summed E-state index contributed by atoms with van der Waals surface area (Å²) in [6, 6.07) is 87.6. The first-order valence-electron chi connectivity index (χ1n) is 25.2. The van der Waals surface area contributed by atoms with Crippen molar-refractivity contribution in [2.75, 3.05) is 0 Å². The second kappa shape index (κ2) is 24.5. The minimum absolute atomic E-state index is 0.915. The van der Waals surface area contributed by atoms with Crippen molar-refractivity contribution in [1.82, 2.24) is 0 Å². The average Bonchev–Trinajstić information content (AvgIpc) is 3.42. The fraction of sp³-hybridized carbons (Fsp3) is 0.0972. The molecule has 0 unspecified atom stereocenters. The Morgan fingerprint density at radius 2 is 0.699 bits per heavy atom. The van der Waals surface area contributed by atoms with Gasteiger partial charge in [-0.25, -0.2) is 0 Å². The number of benzene rings is 10. The average molecular weight is 944 g/mol. The zero-order valence-electron chi connectivity index (χ0n) is 43.4. The molecule has 10 aromatic carbocycles. The molecule has 0 aromatic heterocycles. The smallest absolute Gasteiger partial charge is 0.0711 e. The van der Waals surface area contributed by atoms with Gasteiger partial charge < -0.3 is 0 Å². The first-order valence-corrected chi connectivity index (χ1v) is 25.2. The molecule has 0 radical (unpaired) electrons. The molecule has 0 fully saturated rings. The van der Waals surface area contributed by atoms with Crippen LogP contribution in [0.25, 0.3) is 66.9 Å². The molecule has 73 heavy (non-hydrogen) atoms. The maximum Gasteiger partial charge on any atom is 0.0711 e. The highest BCUT2D eigenvalue weighted by atomic mass is 14.8. The molecule has 0 amide bonds. The van der Waals surface area contributed by atoms with Gasteiger partial charge in [-0.05, 0) is 149 Å². The number of aliphatic imine (C=N–C) groups is 1. The van der Waals surface area contributed by atoms with Gasteiger partial charge in [0.15, 0.2) is 0 Å². The summed E-state index contributed by atoms with van der Waals surface area (Å²) in [7, 11) is 0. The van der Waals surface area contributed by atoms with Crippen molar-refractivity contribution in [2.45, 2.75) is 48.5 Å². The standard InChI is InChI=1S/C28H26.C25H23N.C19H16/c1-19-9-5-7-11-25(19)27-15-13-23(17-21(27)3)24-14-16-28(22(4)18-24)26-12-8-6-10-20(26)2;1-19-11-10-16-24(17-19)21(3)26-25(23-14-8-5-9-15-23)18-20(2)22-12-6-4-7-13-22;1-15-7-9-17(10-8-15)19-13-11-18(12-14-19)16-5-3-2-4-6-16/h5-18H,1-4H3;4-18H,2H2,1,3H3;2-14H,1H3/b;25-18-,26-21?;. The highest BCUT2D eigenvalue weighted by molar-refractivity contribution is 6.02. The molecule has 0 N–H and O–H groups in total. The molecule has 1 heteroatoms. The minimum atomic E-state index is 0.915. The Balaban J connectivity index is 0.000000149. The van der Waals surface area contributed by atoms with E-state index in [1.54, 1.807) is 0 Å². The summed E-state index contributed by atoms with van der Waals surface area (Å²) >= 11 is 0. The van der Waals surface area contributed by atoms with Crippen LogP contribution >= 0.6 is 0 Å². The van der Waals surface area contributed by atoms with E-state index in [4.69, 9.17) is 4.99 Å². The van der Waals surface area contributed by atoms with Crippen molar-refractivity contribution in [3.05, 3.63) is 311 Å². The summed E-state index contributed by atoms with van der Waals surface area (Å²) in [6.45, 7) is 19.3. The molecule has 0 saturated heterocycles. The van der Waals surface area contributed by atoms with Crippen molar-refractivity contribution in [1.29, 1.82) is 0 Å². The number of allylic oxidation sites excluding steroid dienone is 2. The zero-order valence-corrected chi connectivity index (χ0v) is 43.4. The maximum atomic E-state index is 4.94. The Hall–Kier alpha value is -8.65. The normalized spacial score (nSPS) is 11.2. The lowest BCUT2D eigenvalue weighted by Gasteiger charge is -2.14. The van der Waals surface area contributed by atoms with E-state index >= 15 is 0 Å². The van der Waals surface area contributed by atoms with Crippen molar-refractivity contribution < 1.29 is 0 Å². The molecule has 10 aromatic rings. The Morgan fingerprint density at radius 1 is 0.315 bits per heavy atom. The van der Waals surface area contributed by atoms with Gasteiger partial charge in [-0.2, -0.15) is 0 Å². The van der Waals surface area contributed by atoms with Gasteiger partial charge in [0, 0.05) is 11.3 Å². The second-order valence-electron chi connectivity index (χ2n) is 18.9. The third kappa shape index (κ3) is 13.4. The minimum Gasteiger partial charge on any atom is -0.252 e. The molecule has 1 nitrogen and oxygen atoms in total. The fourth-order valence-electron chi connectivity index (χ4n) is 9.08. The van der Waals surface area contributed by atoms with Gasteiger partial charge in [0.2, 0.25) is 0 Å². The number of aryl methyl sites for hydroxylation is 6. The van der Waals surface area contributed by atoms with Crippen LogP contribution in [0.5, 0.6) is 0 Å². The zero-order chi connectivity index (χ0) is 51.1. The van der Waals surface area contributed by atoms with E-state index < -0.39 is 0 Å². The predicted molar refractivity (Wildman–Crippen MR) is 317 cm³/mol. The maximum absolute atomic E-state index is 4.94. The molecule has 0 heterocycles. The number of hydrogen-bond donors (Lipinski definition) is 0. The van der Waals surface area contributed by atoms with Crippen molar-refractivity contribution in [2.24, 2.45) is 4.99 Å². The molecule has 0 aliphatic carbocycles. The Morgan fingerprint density at radius 3 is 1.16 bits per heavy atom. The predicted octanol–water partition coefficient (Wildman–Crippen LogP) is 19.8. The molecule has 358 valence electrons. The summed E-state index contributed by atoms with van der Waals surface area (Å²) in [6.07, 6.45) is 2.06. The topological polar surface area (TPSA) is 12.4 Å². The van der Waals surface area contributed by atoms with Gasteiger partial charge in [0.1, 0.15) is 0 Å². The van der Waals surface area contributed by atoms with E-state index in [2.05, 4.69) is 267 Å². The van der Waals surface area contributed by atoms with E-state index in [0.717, 1.165) is 33.7 Å². The Labute approximate surface area is 435 Å². The van der Waals surface area contributed by atoms with Gasteiger partial charge in [-0.3, -0.25) is 4.99 Å². The van der Waals surface area contributed by atoms with Crippen molar-refractivity contribution in [3.8, 4) is 55.6 Å². The molecule has 0 saturated carbocycles. The lowest BCUT2D eigenvalue weighted by atomic mass is 9.91. The van der Waals surface area contributed by atoms with Crippen LogP contribution in [0.1, 0.15) is 57.0 Å². The molecule has 0 aliphatic heterocycles. The van der Waals surface area contributed by atoms with Crippen LogP contribution in [0.15, 0.2) is 266 Å². The summed E-state index contributed by atoms with van der Waals surface area (Å²) in [4.78, 5) is 4.94. The van der Waals surface area contributed by atoms with Crippen LogP contribution < -0.4 is 0 Å². The summed E-state index contributed by atoms with van der Waals surface area (Å²) in [5.41, 5.74) is 26.8. The summed E-state index contributed by atoms with van der Waals surface area (Å²) < 4.78 is 0. The lowest BCUT2D eigenvalue weighted by Crippen LogP contribution is -1.96. The van der Waals surface area contributed by atoms with Crippen LogP contribution in [0.3, 0.4) is 0 Å². The molecule has 0 aliphatic rings. The van der Waals surface area contributed by atoms with Gasteiger partial charge in [0.25, 0.3) is 0 Å². The van der Waals surface area contributed by atoms with E-state index in [9.17, 15) is 0 Å². The van der Waals surface area contributed by atoms with Crippen molar-refractivity contribution in [3.63, 3.8) is 0 Å². The Bertz CT molecular complexity index is 3390. The molecular formula is C72H65N. The fourth-order valence-corrected chi connectivity index (χ4v) is 9.08. The Kier molecular flexibility index (Phi) is 17.0. The van der Waals surface area contributed by atoms with Crippen LogP contribution in [0, 0.1) is 41.5 Å².